The number of nitrogens with one attached hydrogen (secondary N) is 1. The Labute approximate surface area is 119 Å². The fourth-order valence-electron chi connectivity index (χ4n) is 3.59. The molecule has 2 N–H and O–H groups in total. The highest BCUT2D eigenvalue weighted by atomic mass is 16.3. The third kappa shape index (κ3) is 4.73. The van der Waals surface area contributed by atoms with Crippen LogP contribution < -0.4 is 5.32 Å². The Kier molecular flexibility index (Phi) is 6.28. The van der Waals surface area contributed by atoms with Crippen molar-refractivity contribution in [3.63, 3.8) is 0 Å². The highest BCUT2D eigenvalue weighted by Crippen LogP contribution is 2.34. The number of aliphatic hydroxyl groups is 1. The van der Waals surface area contributed by atoms with Gasteiger partial charge in [0, 0.05) is 23.7 Å². The highest BCUT2D eigenvalue weighted by Gasteiger charge is 2.41. The van der Waals surface area contributed by atoms with Gasteiger partial charge in [0.25, 0.3) is 0 Å². The van der Waals surface area contributed by atoms with Gasteiger partial charge in [0.05, 0.1) is 6.61 Å². The number of hydrogen-bond donors (Lipinski definition) is 2. The van der Waals surface area contributed by atoms with Crippen LogP contribution in [-0.2, 0) is 0 Å². The van der Waals surface area contributed by atoms with Crippen molar-refractivity contribution in [2.24, 2.45) is 5.92 Å². The minimum Gasteiger partial charge on any atom is -0.394 e. The Balaban J connectivity index is 2.58. The van der Waals surface area contributed by atoms with Crippen LogP contribution in [0.25, 0.3) is 0 Å². The predicted octanol–water partition coefficient (Wildman–Crippen LogP) is 2.63. The SMILES string of the molecule is CC(C)CC(C)N(C)C1CCC(CO)(NC(C)C)C1. The first kappa shape index (κ1) is 16.9. The fraction of sp³-hybridized carbons (Fsp3) is 1.00. The van der Waals surface area contributed by atoms with Crippen molar-refractivity contribution < 1.29 is 5.11 Å². The van der Waals surface area contributed by atoms with Gasteiger partial charge in [-0.2, -0.15) is 0 Å². The van der Waals surface area contributed by atoms with Crippen molar-refractivity contribution in [2.75, 3.05) is 13.7 Å². The fourth-order valence-corrected chi connectivity index (χ4v) is 3.59. The maximum atomic E-state index is 9.77. The monoisotopic (exact) mass is 270 g/mol. The molecule has 114 valence electrons. The topological polar surface area (TPSA) is 35.5 Å². The van der Waals surface area contributed by atoms with Gasteiger partial charge in [-0.15, -0.1) is 0 Å². The zero-order chi connectivity index (χ0) is 14.6. The van der Waals surface area contributed by atoms with E-state index in [0.717, 1.165) is 18.8 Å². The lowest BCUT2D eigenvalue weighted by molar-refractivity contribution is 0.126. The van der Waals surface area contributed by atoms with Crippen LogP contribution in [0.3, 0.4) is 0 Å². The summed E-state index contributed by atoms with van der Waals surface area (Å²) in [5.41, 5.74) is -0.0509. The number of nitrogens with zero attached hydrogens (tertiary/aromatic N) is 1. The molecule has 1 fully saturated rings. The van der Waals surface area contributed by atoms with Crippen molar-refractivity contribution in [1.82, 2.24) is 10.2 Å². The molecular weight excluding hydrogens is 236 g/mol. The second-order valence-corrected chi connectivity index (χ2v) is 7.28. The molecule has 0 amide bonds. The molecule has 0 radical (unpaired) electrons. The maximum absolute atomic E-state index is 9.77. The van der Waals surface area contributed by atoms with E-state index in [2.05, 4.69) is 51.9 Å². The van der Waals surface area contributed by atoms with Gasteiger partial charge < -0.3 is 15.3 Å². The summed E-state index contributed by atoms with van der Waals surface area (Å²) in [6.07, 6.45) is 4.60. The van der Waals surface area contributed by atoms with E-state index in [1.54, 1.807) is 0 Å². The summed E-state index contributed by atoms with van der Waals surface area (Å²) in [6.45, 7) is 11.5. The summed E-state index contributed by atoms with van der Waals surface area (Å²) in [7, 11) is 2.25. The number of rotatable bonds is 7. The summed E-state index contributed by atoms with van der Waals surface area (Å²) < 4.78 is 0. The zero-order valence-electron chi connectivity index (χ0n) is 13.7. The van der Waals surface area contributed by atoms with E-state index in [1.165, 1.54) is 12.8 Å². The van der Waals surface area contributed by atoms with Gasteiger partial charge in [-0.25, -0.2) is 0 Å². The summed E-state index contributed by atoms with van der Waals surface area (Å²) >= 11 is 0. The summed E-state index contributed by atoms with van der Waals surface area (Å²) in [6, 6.07) is 1.66. The Bertz CT molecular complexity index is 267. The smallest absolute Gasteiger partial charge is 0.0614 e. The lowest BCUT2D eigenvalue weighted by Gasteiger charge is -2.35. The molecule has 0 aromatic carbocycles. The molecule has 0 aromatic rings. The lowest BCUT2D eigenvalue weighted by atomic mass is 9.96. The standard InChI is InChI=1S/C16H34N2O/c1-12(2)9-14(5)18(6)15-7-8-16(10-15,11-19)17-13(3)4/h12-15,17,19H,7-11H2,1-6H3. The average molecular weight is 270 g/mol. The molecule has 0 spiro atoms. The third-order valence-corrected chi connectivity index (χ3v) is 4.56. The van der Waals surface area contributed by atoms with Crippen LogP contribution in [0.1, 0.15) is 60.3 Å². The molecule has 1 saturated carbocycles. The largest absolute Gasteiger partial charge is 0.394 e. The summed E-state index contributed by atoms with van der Waals surface area (Å²) in [5, 5.41) is 13.4. The summed E-state index contributed by atoms with van der Waals surface area (Å²) in [5.74, 6) is 0.746. The zero-order valence-corrected chi connectivity index (χ0v) is 13.7. The second kappa shape index (κ2) is 7.05. The molecule has 1 aliphatic carbocycles. The number of aliphatic hydroxyl groups excluding tert-OH is 1. The summed E-state index contributed by atoms with van der Waals surface area (Å²) in [4.78, 5) is 2.53. The molecule has 0 heterocycles. The van der Waals surface area contributed by atoms with Crippen LogP contribution in [0.4, 0.5) is 0 Å². The van der Waals surface area contributed by atoms with Crippen molar-refractivity contribution in [3.8, 4) is 0 Å². The molecule has 0 aromatic heterocycles. The first-order valence-corrected chi connectivity index (χ1v) is 7.90. The third-order valence-electron chi connectivity index (χ3n) is 4.56. The van der Waals surface area contributed by atoms with Crippen LogP contribution >= 0.6 is 0 Å². The van der Waals surface area contributed by atoms with E-state index in [9.17, 15) is 5.11 Å². The Morgan fingerprint density at radius 1 is 1.26 bits per heavy atom. The normalized spacial score (nSPS) is 29.7. The van der Waals surface area contributed by atoms with Gasteiger partial charge in [-0.3, -0.25) is 0 Å². The van der Waals surface area contributed by atoms with Gasteiger partial charge in [0.15, 0.2) is 0 Å². The second-order valence-electron chi connectivity index (χ2n) is 7.28. The minimum absolute atomic E-state index is 0.0509. The maximum Gasteiger partial charge on any atom is 0.0614 e. The van der Waals surface area contributed by atoms with Crippen molar-refractivity contribution in [3.05, 3.63) is 0 Å². The predicted molar refractivity (Wildman–Crippen MR) is 82.4 cm³/mol. The van der Waals surface area contributed by atoms with Gasteiger partial charge in [-0.05, 0) is 45.6 Å². The molecular formula is C16H34N2O. The Hall–Kier alpha value is -0.120. The van der Waals surface area contributed by atoms with Crippen LogP contribution in [0, 0.1) is 5.92 Å². The van der Waals surface area contributed by atoms with Crippen molar-refractivity contribution in [1.29, 1.82) is 0 Å². The van der Waals surface area contributed by atoms with Gasteiger partial charge in [-0.1, -0.05) is 27.7 Å². The lowest BCUT2D eigenvalue weighted by Crippen LogP contribution is -2.51. The minimum atomic E-state index is -0.0509. The van der Waals surface area contributed by atoms with E-state index in [1.807, 2.05) is 0 Å². The van der Waals surface area contributed by atoms with Crippen LogP contribution in [-0.4, -0.2) is 47.3 Å². The molecule has 3 atom stereocenters. The van der Waals surface area contributed by atoms with Gasteiger partial charge >= 0.3 is 0 Å². The molecule has 3 heteroatoms. The average Bonchev–Trinajstić information content (AvgIpc) is 2.71. The molecule has 3 unspecified atom stereocenters. The van der Waals surface area contributed by atoms with Gasteiger partial charge in [0.2, 0.25) is 0 Å². The van der Waals surface area contributed by atoms with Gasteiger partial charge in [0.1, 0.15) is 0 Å². The van der Waals surface area contributed by atoms with E-state index in [-0.39, 0.29) is 12.1 Å². The van der Waals surface area contributed by atoms with E-state index in [0.29, 0.717) is 18.1 Å². The quantitative estimate of drug-likeness (QED) is 0.746. The van der Waals surface area contributed by atoms with E-state index < -0.39 is 0 Å². The first-order valence-electron chi connectivity index (χ1n) is 7.90. The molecule has 0 saturated heterocycles. The molecule has 0 bridgehead atoms. The highest BCUT2D eigenvalue weighted by molar-refractivity contribution is 5.00. The van der Waals surface area contributed by atoms with Crippen molar-refractivity contribution in [2.45, 2.75) is 84.0 Å². The van der Waals surface area contributed by atoms with E-state index >= 15 is 0 Å². The number of hydrogen-bond acceptors (Lipinski definition) is 3. The molecule has 19 heavy (non-hydrogen) atoms. The Morgan fingerprint density at radius 2 is 1.89 bits per heavy atom. The van der Waals surface area contributed by atoms with E-state index in [4.69, 9.17) is 0 Å². The molecule has 1 rings (SSSR count). The van der Waals surface area contributed by atoms with Crippen molar-refractivity contribution >= 4 is 0 Å². The first-order chi connectivity index (χ1) is 8.79. The van der Waals surface area contributed by atoms with Crippen LogP contribution in [0.15, 0.2) is 0 Å². The van der Waals surface area contributed by atoms with Crippen LogP contribution in [0.2, 0.25) is 0 Å². The Morgan fingerprint density at radius 3 is 2.37 bits per heavy atom. The molecule has 1 aliphatic rings. The van der Waals surface area contributed by atoms with Crippen LogP contribution in [0.5, 0.6) is 0 Å². The molecule has 0 aliphatic heterocycles. The molecule has 3 nitrogen and oxygen atoms in total.